The summed E-state index contributed by atoms with van der Waals surface area (Å²) in [5, 5.41) is 9.38. The summed E-state index contributed by atoms with van der Waals surface area (Å²) < 4.78 is 26.7. The molecule has 2 atom stereocenters. The van der Waals surface area contributed by atoms with Crippen molar-refractivity contribution in [1.82, 2.24) is 9.80 Å². The van der Waals surface area contributed by atoms with E-state index in [0.29, 0.717) is 42.0 Å². The highest BCUT2D eigenvalue weighted by Gasteiger charge is 2.29. The van der Waals surface area contributed by atoms with E-state index in [2.05, 4.69) is 24.0 Å². The van der Waals surface area contributed by atoms with Crippen LogP contribution in [0.2, 0.25) is 0 Å². The van der Waals surface area contributed by atoms with Gasteiger partial charge in [-0.1, -0.05) is 24.3 Å². The van der Waals surface area contributed by atoms with Gasteiger partial charge in [0.15, 0.2) is 23.0 Å². The number of amides is 1. The largest absolute Gasteiger partial charge is 0.508 e. The van der Waals surface area contributed by atoms with Crippen LogP contribution in [0.25, 0.3) is 0 Å². The molecule has 284 valence electrons. The fraction of sp³-hybridized carbons (Fsp3) is 0.381. The van der Waals surface area contributed by atoms with Gasteiger partial charge < -0.3 is 33.7 Å². The molecule has 0 saturated carbocycles. The molecular weight excluding hydrogens is 696 g/mol. The normalized spacial score (nSPS) is 16.1. The summed E-state index contributed by atoms with van der Waals surface area (Å²) in [6, 6.07) is 23.0. The smallest absolute Gasteiger partial charge is 0.308 e. The number of carbonyl (C=O) groups is 2. The minimum atomic E-state index is -0.364. The SMILES string of the molecule is COc1cc2c(cc1OC)C(C)N(C(=O)Cc1ccc(OC(C)=O)cc1)CC2.COc1cc2c(cc1OC)C(C)N(CCc1ccc(O)cc1)CC2.Cl. The number of hydrogen-bond acceptors (Lipinski definition) is 9. The minimum Gasteiger partial charge on any atom is -0.508 e. The highest BCUT2D eigenvalue weighted by molar-refractivity contribution is 5.85. The zero-order valence-electron chi connectivity index (χ0n) is 31.6. The number of methoxy groups -OCH3 is 4. The maximum absolute atomic E-state index is 12.9. The van der Waals surface area contributed by atoms with Crippen LogP contribution >= 0.6 is 12.4 Å². The number of benzene rings is 4. The summed E-state index contributed by atoms with van der Waals surface area (Å²) >= 11 is 0. The van der Waals surface area contributed by atoms with Gasteiger partial charge in [-0.2, -0.15) is 0 Å². The van der Waals surface area contributed by atoms with E-state index in [0.717, 1.165) is 55.0 Å². The average molecular weight is 747 g/mol. The second kappa shape index (κ2) is 18.7. The third kappa shape index (κ3) is 9.94. The number of hydrogen-bond donors (Lipinski definition) is 1. The minimum absolute atomic E-state index is 0. The number of fused-ring (bicyclic) bond motifs is 2. The van der Waals surface area contributed by atoms with E-state index in [1.165, 1.54) is 29.2 Å². The summed E-state index contributed by atoms with van der Waals surface area (Å²) in [6.45, 7) is 8.35. The van der Waals surface area contributed by atoms with E-state index in [9.17, 15) is 14.7 Å². The molecule has 1 N–H and O–H groups in total. The second-order valence-corrected chi connectivity index (χ2v) is 13.1. The fourth-order valence-corrected chi connectivity index (χ4v) is 7.04. The first-order valence-corrected chi connectivity index (χ1v) is 17.6. The standard InChI is InChI=1S/C22H25NO5.C20H25NO3.ClH/c1-14-19-13-21(27-4)20(26-3)12-17(19)9-10-23(14)22(25)11-16-5-7-18(8-6-16)28-15(2)24;1-14-18-13-20(24-3)19(23-2)12-16(18)9-11-21(14)10-8-15-4-6-17(22)7-5-15;/h5-8,12-14H,9-11H2,1-4H3;4-7,12-14,22H,8-11H2,1-3H3;1H. The lowest BCUT2D eigenvalue weighted by Gasteiger charge is -2.36. The van der Waals surface area contributed by atoms with Gasteiger partial charge in [0.05, 0.1) is 40.9 Å². The van der Waals surface area contributed by atoms with Crippen LogP contribution in [0, 0.1) is 0 Å². The molecule has 11 heteroatoms. The zero-order chi connectivity index (χ0) is 37.4. The van der Waals surface area contributed by atoms with Crippen LogP contribution in [0.4, 0.5) is 0 Å². The van der Waals surface area contributed by atoms with Gasteiger partial charge in [-0.3, -0.25) is 14.5 Å². The molecule has 0 spiro atoms. The van der Waals surface area contributed by atoms with Crippen molar-refractivity contribution in [3.63, 3.8) is 0 Å². The Bertz CT molecular complexity index is 1850. The molecule has 4 aromatic rings. The lowest BCUT2D eigenvalue weighted by molar-refractivity contribution is -0.133. The molecule has 6 rings (SSSR count). The van der Waals surface area contributed by atoms with Crippen molar-refractivity contribution in [3.05, 3.63) is 106 Å². The number of halogens is 1. The fourth-order valence-electron chi connectivity index (χ4n) is 7.04. The first-order valence-electron chi connectivity index (χ1n) is 17.6. The predicted molar refractivity (Wildman–Crippen MR) is 207 cm³/mol. The Morgan fingerprint density at radius 3 is 1.72 bits per heavy atom. The molecule has 2 heterocycles. The third-order valence-corrected chi connectivity index (χ3v) is 9.98. The molecule has 4 aromatic carbocycles. The molecule has 0 aliphatic carbocycles. The van der Waals surface area contributed by atoms with Crippen molar-refractivity contribution < 1.29 is 38.4 Å². The zero-order valence-corrected chi connectivity index (χ0v) is 32.5. The Morgan fingerprint density at radius 2 is 1.19 bits per heavy atom. The molecule has 10 nitrogen and oxygen atoms in total. The van der Waals surface area contributed by atoms with Gasteiger partial charge in [0.2, 0.25) is 5.91 Å². The van der Waals surface area contributed by atoms with Crippen LogP contribution in [0.1, 0.15) is 66.2 Å². The topological polar surface area (TPSA) is 107 Å². The van der Waals surface area contributed by atoms with Gasteiger partial charge in [-0.25, -0.2) is 0 Å². The average Bonchev–Trinajstić information content (AvgIpc) is 3.15. The van der Waals surface area contributed by atoms with Crippen LogP contribution in [0.5, 0.6) is 34.5 Å². The van der Waals surface area contributed by atoms with Crippen molar-refractivity contribution in [1.29, 1.82) is 0 Å². The van der Waals surface area contributed by atoms with E-state index in [1.807, 2.05) is 48.2 Å². The number of ether oxygens (including phenoxy) is 5. The molecule has 0 bridgehead atoms. The highest BCUT2D eigenvalue weighted by Crippen LogP contribution is 2.39. The Hall–Kier alpha value is -4.93. The number of nitrogens with zero attached hydrogens (tertiary/aromatic N) is 2. The Morgan fingerprint density at radius 1 is 0.698 bits per heavy atom. The van der Waals surface area contributed by atoms with Crippen LogP contribution in [-0.2, 0) is 35.3 Å². The van der Waals surface area contributed by atoms with Gasteiger partial charge in [0, 0.05) is 32.6 Å². The van der Waals surface area contributed by atoms with E-state index < -0.39 is 0 Å². The van der Waals surface area contributed by atoms with Crippen LogP contribution in [0.15, 0.2) is 72.8 Å². The summed E-state index contributed by atoms with van der Waals surface area (Å²) in [4.78, 5) is 28.3. The van der Waals surface area contributed by atoms with Crippen LogP contribution in [-0.4, -0.2) is 74.9 Å². The molecule has 0 fully saturated rings. The van der Waals surface area contributed by atoms with Crippen molar-refractivity contribution >= 4 is 24.3 Å². The van der Waals surface area contributed by atoms with Crippen LogP contribution < -0.4 is 23.7 Å². The lowest BCUT2D eigenvalue weighted by Crippen LogP contribution is -2.39. The monoisotopic (exact) mass is 746 g/mol. The lowest BCUT2D eigenvalue weighted by atomic mass is 9.92. The van der Waals surface area contributed by atoms with Crippen LogP contribution in [0.3, 0.4) is 0 Å². The van der Waals surface area contributed by atoms with Gasteiger partial charge in [-0.05, 0) is 115 Å². The molecule has 0 radical (unpaired) electrons. The molecule has 2 aliphatic rings. The summed E-state index contributed by atoms with van der Waals surface area (Å²) in [5.74, 6) is 3.48. The Labute approximate surface area is 319 Å². The van der Waals surface area contributed by atoms with Crippen molar-refractivity contribution in [2.24, 2.45) is 0 Å². The van der Waals surface area contributed by atoms with E-state index >= 15 is 0 Å². The number of esters is 1. The maximum Gasteiger partial charge on any atom is 0.308 e. The number of aromatic hydroxyl groups is 1. The molecule has 53 heavy (non-hydrogen) atoms. The number of carbonyl (C=O) groups excluding carboxylic acids is 2. The molecule has 2 aliphatic heterocycles. The highest BCUT2D eigenvalue weighted by atomic mass is 35.5. The van der Waals surface area contributed by atoms with Gasteiger partial charge in [0.1, 0.15) is 11.5 Å². The first kappa shape index (κ1) is 40.8. The van der Waals surface area contributed by atoms with E-state index in [4.69, 9.17) is 23.7 Å². The molecule has 0 saturated heterocycles. The molecule has 2 unspecified atom stereocenters. The van der Waals surface area contributed by atoms with Crippen molar-refractivity contribution in [3.8, 4) is 34.5 Å². The Balaban J connectivity index is 0.000000235. The maximum atomic E-state index is 12.9. The number of phenolic OH excluding ortho intramolecular Hbond substituents is 1. The van der Waals surface area contributed by atoms with E-state index in [-0.39, 0.29) is 30.3 Å². The predicted octanol–water partition coefficient (Wildman–Crippen LogP) is 7.31. The number of phenols is 1. The Kier molecular flexibility index (Phi) is 14.4. The van der Waals surface area contributed by atoms with Crippen molar-refractivity contribution in [2.45, 2.75) is 58.5 Å². The summed E-state index contributed by atoms with van der Waals surface area (Å²) in [5.41, 5.74) is 7.07. The summed E-state index contributed by atoms with van der Waals surface area (Å²) in [6.07, 6.45) is 3.08. The third-order valence-electron chi connectivity index (χ3n) is 9.98. The molecule has 1 amide bonds. The quantitative estimate of drug-likeness (QED) is 0.132. The second-order valence-electron chi connectivity index (χ2n) is 13.1. The summed E-state index contributed by atoms with van der Waals surface area (Å²) in [7, 11) is 6.60. The van der Waals surface area contributed by atoms with Gasteiger partial charge in [0.25, 0.3) is 0 Å². The first-order chi connectivity index (χ1) is 25.0. The van der Waals surface area contributed by atoms with Gasteiger partial charge >= 0.3 is 5.97 Å². The van der Waals surface area contributed by atoms with E-state index in [1.54, 1.807) is 52.7 Å². The van der Waals surface area contributed by atoms with Crippen molar-refractivity contribution in [2.75, 3.05) is 48.1 Å². The van der Waals surface area contributed by atoms with Gasteiger partial charge in [-0.15, -0.1) is 12.4 Å². The molecular formula is C42H51ClN2O8. The number of rotatable bonds is 10. The molecule has 0 aromatic heterocycles.